The van der Waals surface area contributed by atoms with Crippen molar-refractivity contribution in [2.75, 3.05) is 54.6 Å². The van der Waals surface area contributed by atoms with Gasteiger partial charge in [0, 0.05) is 60.0 Å². The lowest BCUT2D eigenvalue weighted by Crippen LogP contribution is -2.66. The summed E-state index contributed by atoms with van der Waals surface area (Å²) in [6.45, 7) is 9.96. The van der Waals surface area contributed by atoms with Gasteiger partial charge in [-0.1, -0.05) is 38.1 Å². The average Bonchev–Trinajstić information content (AvgIpc) is 4.10. The van der Waals surface area contributed by atoms with Crippen LogP contribution in [0.3, 0.4) is 0 Å². The Bertz CT molecular complexity index is 3010. The quantitative estimate of drug-likeness (QED) is 0.0776. The normalized spacial score (nSPS) is 27.2. The molecule has 7 aliphatic rings. The number of carbonyl (C=O) groups excluding carboxylic acids is 1. The number of anilines is 4. The Morgan fingerprint density at radius 2 is 1.80 bits per heavy atom. The number of hydrogen-bond acceptors (Lipinski definition) is 14. The molecule has 1 spiro atoms. The van der Waals surface area contributed by atoms with Crippen molar-refractivity contribution >= 4 is 55.4 Å². The predicted octanol–water partition coefficient (Wildman–Crippen LogP) is 7.93. The van der Waals surface area contributed by atoms with E-state index in [-0.39, 0.29) is 47.0 Å². The van der Waals surface area contributed by atoms with Crippen molar-refractivity contribution < 1.29 is 37.5 Å². The van der Waals surface area contributed by atoms with Crippen LogP contribution < -0.4 is 29.3 Å². The van der Waals surface area contributed by atoms with Gasteiger partial charge in [-0.25, -0.2) is 13.1 Å². The maximum atomic E-state index is 14.7. The van der Waals surface area contributed by atoms with E-state index in [2.05, 4.69) is 62.9 Å². The molecule has 5 aromatic rings. The van der Waals surface area contributed by atoms with Crippen LogP contribution in [0.4, 0.5) is 28.4 Å². The molecule has 0 unspecified atom stereocenters. The van der Waals surface area contributed by atoms with Crippen LogP contribution >= 0.6 is 0 Å². The SMILES string of the molecule is CC(C)c1ccccc1[C@@H]1CCCN1C1CC2(C1)CN(c1ccc(C(=O)NS(=O)(=O)c3cc4c(c([N+](=O)[O-])c3)N[C@@H](C3CCC(C)(O)CC3)CO4)c(N3c4cc5cc[nH]c5nc4O[C@@H]4COC[C@H]43)c1)C2. The van der Waals surface area contributed by atoms with Crippen LogP contribution in [-0.2, 0) is 14.8 Å². The van der Waals surface area contributed by atoms with Gasteiger partial charge in [-0.05, 0) is 118 Å². The van der Waals surface area contributed by atoms with E-state index in [1.54, 1.807) is 12.3 Å². The van der Waals surface area contributed by atoms with Gasteiger partial charge in [-0.2, -0.15) is 4.98 Å². The van der Waals surface area contributed by atoms with Gasteiger partial charge in [-0.15, -0.1) is 0 Å². The van der Waals surface area contributed by atoms with Crippen LogP contribution in [0.1, 0.15) is 106 Å². The smallest absolute Gasteiger partial charge is 0.297 e. The average molecular weight is 973 g/mol. The monoisotopic (exact) mass is 972 g/mol. The standard InChI is InChI=1S/C52H60N8O9S/c1-30(2)36-7-4-5-8-37(36)40-9-6-18-58(40)34-23-52(24-34)28-57(29-52)33-10-11-38(41(20-33)59-43-19-32-14-17-53-48(32)55-50(43)69-46-27-67-26-44(46)59)49(61)56-70(65,66)35-21-42(60(63)64)47-45(22-35)68-25-39(54-47)31-12-15-51(3,62)16-13-31/h4-5,7-8,10-11,14,17,19-22,30-31,34,39-40,44,46,54,62H,6,9,12-13,15-16,18,23-29H2,1-3H3,(H,53,55)(H,56,61)/t31?,39-,40+,44-,46-,51?/m1/s1. The van der Waals surface area contributed by atoms with Gasteiger partial charge < -0.3 is 39.4 Å². The number of nitrogens with zero attached hydrogens (tertiary/aromatic N) is 5. The van der Waals surface area contributed by atoms with Crippen molar-refractivity contribution in [3.05, 3.63) is 99.7 Å². The van der Waals surface area contributed by atoms with Crippen LogP contribution in [0.5, 0.6) is 11.6 Å². The van der Waals surface area contributed by atoms with Crippen LogP contribution in [0.2, 0.25) is 0 Å². The number of amides is 1. The number of benzene rings is 3. The molecular weight excluding hydrogens is 913 g/mol. The number of likely N-dealkylation sites (tertiary alicyclic amines) is 1. The summed E-state index contributed by atoms with van der Waals surface area (Å²) in [6, 6.07) is 20.8. The molecule has 70 heavy (non-hydrogen) atoms. The third-order valence-corrected chi connectivity index (χ3v) is 17.8. The number of carbonyl (C=O) groups is 1. The summed E-state index contributed by atoms with van der Waals surface area (Å²) >= 11 is 0. The first kappa shape index (κ1) is 45.2. The maximum absolute atomic E-state index is 14.7. The third-order valence-electron chi connectivity index (χ3n) is 16.5. The highest BCUT2D eigenvalue weighted by molar-refractivity contribution is 7.90. The van der Waals surface area contributed by atoms with Crippen LogP contribution in [0.25, 0.3) is 11.0 Å². The highest BCUT2D eigenvalue weighted by Gasteiger charge is 2.55. The minimum absolute atomic E-state index is 0.00806. The molecule has 12 rings (SSSR count). The molecule has 2 aromatic heterocycles. The number of ether oxygens (including phenoxy) is 3. The van der Waals surface area contributed by atoms with E-state index in [0.717, 1.165) is 49.6 Å². The molecule has 7 heterocycles. The Hall–Kier alpha value is -5.95. The molecule has 368 valence electrons. The highest BCUT2D eigenvalue weighted by atomic mass is 32.2. The number of aromatic amines is 1. The fraction of sp³-hybridized carbons (Fsp3) is 0.500. The van der Waals surface area contributed by atoms with Gasteiger partial charge in [0.05, 0.1) is 52.0 Å². The molecule has 0 bridgehead atoms. The lowest BCUT2D eigenvalue weighted by Gasteiger charge is -2.62. The Labute approximate surface area is 407 Å². The van der Waals surface area contributed by atoms with Crippen molar-refractivity contribution in [1.82, 2.24) is 19.6 Å². The van der Waals surface area contributed by atoms with E-state index in [4.69, 9.17) is 19.2 Å². The topological polar surface area (TPSA) is 205 Å². The van der Waals surface area contributed by atoms with E-state index >= 15 is 0 Å². The van der Waals surface area contributed by atoms with E-state index in [1.165, 1.54) is 30.0 Å². The summed E-state index contributed by atoms with van der Waals surface area (Å²) < 4.78 is 49.3. The predicted molar refractivity (Wildman–Crippen MR) is 264 cm³/mol. The summed E-state index contributed by atoms with van der Waals surface area (Å²) in [6.07, 6.45) is 8.62. The van der Waals surface area contributed by atoms with Crippen molar-refractivity contribution in [1.29, 1.82) is 0 Å². The largest absolute Gasteiger partial charge is 0.489 e. The molecule has 5 aliphatic heterocycles. The molecule has 0 radical (unpaired) electrons. The van der Waals surface area contributed by atoms with Crippen LogP contribution in [-0.4, -0.2) is 109 Å². The van der Waals surface area contributed by atoms with Gasteiger partial charge in [0.15, 0.2) is 11.4 Å². The van der Waals surface area contributed by atoms with Crippen LogP contribution in [0, 0.1) is 21.4 Å². The molecule has 3 saturated heterocycles. The molecule has 1 amide bonds. The van der Waals surface area contributed by atoms with E-state index in [9.17, 15) is 28.4 Å². The number of pyridine rings is 1. The van der Waals surface area contributed by atoms with E-state index in [1.807, 2.05) is 36.1 Å². The molecule has 17 nitrogen and oxygen atoms in total. The summed E-state index contributed by atoms with van der Waals surface area (Å²) in [5.41, 5.74) is 4.65. The highest BCUT2D eigenvalue weighted by Crippen LogP contribution is 2.55. The minimum Gasteiger partial charge on any atom is -0.489 e. The zero-order valence-electron chi connectivity index (χ0n) is 39.7. The molecule has 3 aromatic carbocycles. The number of sulfonamides is 1. The number of aromatic nitrogens is 2. The number of fused-ring (bicyclic) bond motifs is 4. The van der Waals surface area contributed by atoms with Crippen molar-refractivity contribution in [3.8, 4) is 11.6 Å². The third kappa shape index (κ3) is 7.81. The second-order valence-corrected chi connectivity index (χ2v) is 23.2. The van der Waals surface area contributed by atoms with Gasteiger partial charge in [-0.3, -0.25) is 19.8 Å². The first-order valence-electron chi connectivity index (χ1n) is 24.9. The molecule has 4 atom stereocenters. The second kappa shape index (κ2) is 16.8. The maximum Gasteiger partial charge on any atom is 0.297 e. The van der Waals surface area contributed by atoms with Crippen molar-refractivity contribution in [2.45, 2.75) is 119 Å². The summed E-state index contributed by atoms with van der Waals surface area (Å²) in [7, 11) is -4.70. The minimum atomic E-state index is -4.70. The lowest BCUT2D eigenvalue weighted by molar-refractivity contribution is -0.384. The number of nitro benzene ring substituents is 1. The van der Waals surface area contributed by atoms with Gasteiger partial charge >= 0.3 is 0 Å². The fourth-order valence-corrected chi connectivity index (χ4v) is 13.8. The summed E-state index contributed by atoms with van der Waals surface area (Å²) in [5.74, 6) is 0.0292. The molecule has 2 saturated carbocycles. The zero-order chi connectivity index (χ0) is 48.3. The summed E-state index contributed by atoms with van der Waals surface area (Å²) in [4.78, 5) is 41.2. The Kier molecular flexibility index (Phi) is 10.9. The molecule has 5 fully saturated rings. The van der Waals surface area contributed by atoms with Gasteiger partial charge in [0.25, 0.3) is 21.6 Å². The van der Waals surface area contributed by atoms with Crippen molar-refractivity contribution in [2.24, 2.45) is 11.3 Å². The first-order valence-corrected chi connectivity index (χ1v) is 26.4. The zero-order valence-corrected chi connectivity index (χ0v) is 40.5. The Morgan fingerprint density at radius 1 is 1.00 bits per heavy atom. The number of rotatable bonds is 10. The lowest BCUT2D eigenvalue weighted by atomic mass is 9.60. The second-order valence-electron chi connectivity index (χ2n) is 21.6. The van der Waals surface area contributed by atoms with E-state index < -0.39 is 43.1 Å². The van der Waals surface area contributed by atoms with Gasteiger partial charge in [0.1, 0.15) is 24.0 Å². The number of hydrogen-bond donors (Lipinski definition) is 4. The number of H-pyrrole nitrogens is 1. The van der Waals surface area contributed by atoms with Crippen molar-refractivity contribution in [3.63, 3.8) is 0 Å². The Balaban J connectivity index is 0.833. The van der Waals surface area contributed by atoms with E-state index in [0.29, 0.717) is 79.8 Å². The summed E-state index contributed by atoms with van der Waals surface area (Å²) in [5, 5.41) is 27.1. The number of nitrogens with one attached hydrogen (secondary N) is 3. The molecule has 18 heteroatoms. The molecule has 4 N–H and O–H groups in total. The first-order chi connectivity index (χ1) is 33.6. The molecular formula is C52H60N8O9S. The molecule has 2 aliphatic carbocycles. The fourth-order valence-electron chi connectivity index (χ4n) is 12.8. The van der Waals surface area contributed by atoms with Gasteiger partial charge in [0.2, 0.25) is 5.88 Å². The Morgan fingerprint density at radius 3 is 2.59 bits per heavy atom. The van der Waals surface area contributed by atoms with Crippen LogP contribution in [0.15, 0.2) is 77.8 Å². The number of aliphatic hydroxyl groups is 1. The number of nitro groups is 1.